The lowest BCUT2D eigenvalue weighted by Crippen LogP contribution is -2.19. The third-order valence-corrected chi connectivity index (χ3v) is 6.15. The molecule has 0 atom stereocenters. The summed E-state index contributed by atoms with van der Waals surface area (Å²) in [7, 11) is 0. The molecule has 28 heavy (non-hydrogen) atoms. The van der Waals surface area contributed by atoms with Crippen LogP contribution in [0.2, 0.25) is 0 Å². The fourth-order valence-corrected chi connectivity index (χ4v) is 4.45. The van der Waals surface area contributed by atoms with Crippen LogP contribution in [0.1, 0.15) is 88.1 Å². The van der Waals surface area contributed by atoms with Gasteiger partial charge >= 0.3 is 0 Å². The topological polar surface area (TPSA) is 17.1 Å². The van der Waals surface area contributed by atoms with Crippen molar-refractivity contribution < 1.29 is 9.18 Å². The van der Waals surface area contributed by atoms with Gasteiger partial charge in [0.25, 0.3) is 0 Å². The number of hydrogen-bond acceptors (Lipinski definition) is 1. The van der Waals surface area contributed by atoms with E-state index in [-0.39, 0.29) is 11.6 Å². The molecule has 1 nitrogen and oxygen atoms in total. The molecule has 2 heteroatoms. The van der Waals surface area contributed by atoms with Gasteiger partial charge in [0.1, 0.15) is 5.82 Å². The van der Waals surface area contributed by atoms with E-state index in [1.54, 1.807) is 6.07 Å². The Bertz CT molecular complexity index is 805. The third kappa shape index (κ3) is 4.71. The lowest BCUT2D eigenvalue weighted by atomic mass is 9.77. The van der Waals surface area contributed by atoms with Crippen LogP contribution in [0, 0.1) is 17.2 Å². The zero-order chi connectivity index (χ0) is 20.3. The molecule has 0 saturated heterocycles. The molecule has 0 amide bonds. The average Bonchev–Trinajstić information content (AvgIpc) is 2.68. The fourth-order valence-electron chi connectivity index (χ4n) is 4.45. The van der Waals surface area contributed by atoms with Gasteiger partial charge in [0, 0.05) is 16.5 Å². The number of benzene rings is 2. The van der Waals surface area contributed by atoms with Gasteiger partial charge in [0.05, 0.1) is 0 Å². The summed E-state index contributed by atoms with van der Waals surface area (Å²) in [6.45, 7) is 8.00. The van der Waals surface area contributed by atoms with E-state index in [2.05, 4.69) is 13.0 Å². The van der Waals surface area contributed by atoms with Crippen LogP contribution in [0.4, 0.5) is 4.39 Å². The van der Waals surface area contributed by atoms with Crippen LogP contribution in [0.5, 0.6) is 0 Å². The summed E-state index contributed by atoms with van der Waals surface area (Å²) in [6.07, 6.45) is 7.48. The highest BCUT2D eigenvalue weighted by Gasteiger charge is 2.24. The second-order valence-electron chi connectivity index (χ2n) is 9.40. The summed E-state index contributed by atoms with van der Waals surface area (Å²) in [5, 5.41) is 0. The molecule has 0 aromatic heterocycles. The fraction of sp³-hybridized carbons (Fsp3) is 0.500. The predicted molar refractivity (Wildman–Crippen MR) is 115 cm³/mol. The number of Topliss-reactive ketones (excluding diaryl/α,β-unsaturated/α-hetero) is 1. The first kappa shape index (κ1) is 20.8. The molecule has 1 aliphatic carbocycles. The molecule has 1 fully saturated rings. The Labute approximate surface area is 169 Å². The van der Waals surface area contributed by atoms with Gasteiger partial charge in [-0.3, -0.25) is 4.79 Å². The Morgan fingerprint density at radius 2 is 1.64 bits per heavy atom. The molecule has 0 bridgehead atoms. The maximum absolute atomic E-state index is 14.9. The SMILES string of the molecule is CCCC1CCC(c2ccc(-c3ccc(C(=O)C(C)(C)C)cc3)c(F)c2)CC1. The second-order valence-corrected chi connectivity index (χ2v) is 9.40. The summed E-state index contributed by atoms with van der Waals surface area (Å²) < 4.78 is 14.9. The van der Waals surface area contributed by atoms with Gasteiger partial charge in [-0.1, -0.05) is 76.9 Å². The highest BCUT2D eigenvalue weighted by Crippen LogP contribution is 2.38. The number of ketones is 1. The minimum Gasteiger partial charge on any atom is -0.294 e. The molecular weight excluding hydrogens is 347 g/mol. The summed E-state index contributed by atoms with van der Waals surface area (Å²) >= 11 is 0. The molecule has 2 aromatic carbocycles. The molecular formula is C26H33FO. The van der Waals surface area contributed by atoms with Crippen LogP contribution in [0.25, 0.3) is 11.1 Å². The van der Waals surface area contributed by atoms with Gasteiger partial charge in [-0.05, 0) is 54.7 Å². The molecule has 1 saturated carbocycles. The first-order valence-electron chi connectivity index (χ1n) is 10.7. The van der Waals surface area contributed by atoms with Crippen molar-refractivity contribution in [1.29, 1.82) is 0 Å². The van der Waals surface area contributed by atoms with E-state index in [9.17, 15) is 9.18 Å². The van der Waals surface area contributed by atoms with Crippen molar-refractivity contribution in [2.75, 3.05) is 0 Å². The molecule has 0 heterocycles. The Kier molecular flexibility index (Phi) is 6.37. The Morgan fingerprint density at radius 3 is 2.18 bits per heavy atom. The largest absolute Gasteiger partial charge is 0.294 e. The zero-order valence-corrected chi connectivity index (χ0v) is 17.7. The monoisotopic (exact) mass is 380 g/mol. The first-order chi connectivity index (χ1) is 13.3. The summed E-state index contributed by atoms with van der Waals surface area (Å²) in [5.41, 5.74) is 2.83. The Morgan fingerprint density at radius 1 is 1.00 bits per heavy atom. The van der Waals surface area contributed by atoms with E-state index in [0.29, 0.717) is 17.0 Å². The van der Waals surface area contributed by atoms with Gasteiger partial charge < -0.3 is 0 Å². The molecule has 150 valence electrons. The van der Waals surface area contributed by atoms with E-state index >= 15 is 0 Å². The van der Waals surface area contributed by atoms with Crippen LogP contribution in [-0.4, -0.2) is 5.78 Å². The lowest BCUT2D eigenvalue weighted by Gasteiger charge is -2.28. The summed E-state index contributed by atoms with van der Waals surface area (Å²) in [5.74, 6) is 1.29. The number of carbonyl (C=O) groups is 1. The maximum atomic E-state index is 14.9. The maximum Gasteiger partial charge on any atom is 0.168 e. The minimum absolute atomic E-state index is 0.105. The highest BCUT2D eigenvalue weighted by atomic mass is 19.1. The normalized spacial score (nSPS) is 20.2. The van der Waals surface area contributed by atoms with E-state index in [1.165, 1.54) is 38.5 Å². The van der Waals surface area contributed by atoms with Crippen molar-refractivity contribution in [2.24, 2.45) is 11.3 Å². The number of hydrogen-bond donors (Lipinski definition) is 0. The van der Waals surface area contributed by atoms with Crippen molar-refractivity contribution in [3.8, 4) is 11.1 Å². The minimum atomic E-state index is -0.412. The number of carbonyl (C=O) groups excluding carboxylic acids is 1. The second kappa shape index (κ2) is 8.59. The van der Waals surface area contributed by atoms with Gasteiger partial charge in [-0.2, -0.15) is 0 Å². The molecule has 3 rings (SSSR count). The van der Waals surface area contributed by atoms with Crippen molar-refractivity contribution >= 4 is 5.78 Å². The highest BCUT2D eigenvalue weighted by molar-refractivity contribution is 6.00. The van der Waals surface area contributed by atoms with Crippen LogP contribution in [0.15, 0.2) is 42.5 Å². The van der Waals surface area contributed by atoms with Crippen molar-refractivity contribution in [3.05, 3.63) is 59.4 Å². The predicted octanol–water partition coefficient (Wildman–Crippen LogP) is 7.80. The molecule has 0 spiro atoms. The number of halogens is 1. The van der Waals surface area contributed by atoms with E-state index in [0.717, 1.165) is 17.0 Å². The zero-order valence-electron chi connectivity index (χ0n) is 17.7. The van der Waals surface area contributed by atoms with Gasteiger partial charge in [-0.15, -0.1) is 0 Å². The molecule has 0 unspecified atom stereocenters. The van der Waals surface area contributed by atoms with Gasteiger partial charge in [0.2, 0.25) is 0 Å². The molecule has 0 radical (unpaired) electrons. The van der Waals surface area contributed by atoms with Crippen LogP contribution < -0.4 is 0 Å². The molecule has 2 aromatic rings. The van der Waals surface area contributed by atoms with Crippen LogP contribution in [0.3, 0.4) is 0 Å². The third-order valence-electron chi connectivity index (χ3n) is 6.15. The van der Waals surface area contributed by atoms with Crippen LogP contribution in [-0.2, 0) is 0 Å². The molecule has 0 N–H and O–H groups in total. The number of rotatable bonds is 5. The molecule has 0 aliphatic heterocycles. The smallest absolute Gasteiger partial charge is 0.168 e. The average molecular weight is 381 g/mol. The standard InChI is InChI=1S/C26H33FO/c1-5-6-18-7-9-19(10-8-18)22-15-16-23(24(27)17-22)20-11-13-21(14-12-20)25(28)26(2,3)4/h11-19H,5-10H2,1-4H3. The van der Waals surface area contributed by atoms with E-state index in [1.807, 2.05) is 51.1 Å². The quantitative estimate of drug-likeness (QED) is 0.484. The summed E-state index contributed by atoms with van der Waals surface area (Å²) in [6, 6.07) is 13.1. The van der Waals surface area contributed by atoms with Crippen LogP contribution >= 0.6 is 0 Å². The summed E-state index contributed by atoms with van der Waals surface area (Å²) in [4.78, 5) is 12.4. The molecule has 1 aliphatic rings. The first-order valence-corrected chi connectivity index (χ1v) is 10.7. The van der Waals surface area contributed by atoms with Crippen molar-refractivity contribution in [2.45, 2.75) is 72.1 Å². The van der Waals surface area contributed by atoms with Crippen molar-refractivity contribution in [3.63, 3.8) is 0 Å². The Hall–Kier alpha value is -1.96. The van der Waals surface area contributed by atoms with Gasteiger partial charge in [-0.25, -0.2) is 4.39 Å². The Balaban J connectivity index is 1.73. The van der Waals surface area contributed by atoms with Gasteiger partial charge in [0.15, 0.2) is 5.78 Å². The van der Waals surface area contributed by atoms with Crippen molar-refractivity contribution in [1.82, 2.24) is 0 Å². The lowest BCUT2D eigenvalue weighted by molar-refractivity contribution is 0.0858. The van der Waals surface area contributed by atoms with E-state index in [4.69, 9.17) is 0 Å². The van der Waals surface area contributed by atoms with E-state index < -0.39 is 5.41 Å².